The highest BCUT2D eigenvalue weighted by molar-refractivity contribution is 6.29. The highest BCUT2D eigenvalue weighted by Gasteiger charge is 1.92. The third-order valence-electron chi connectivity index (χ3n) is 1.00. The topological polar surface area (TPSA) is 93.3 Å². The van der Waals surface area contributed by atoms with Crippen molar-refractivity contribution in [1.82, 2.24) is 10.2 Å². The van der Waals surface area contributed by atoms with Gasteiger partial charge in [0.15, 0.2) is 11.0 Å². The van der Waals surface area contributed by atoms with E-state index in [1.165, 1.54) is 6.07 Å². The summed E-state index contributed by atoms with van der Waals surface area (Å²) in [4.78, 5) is 10.2. The normalized spacial score (nSPS) is 10.2. The first-order chi connectivity index (χ1) is 6.18. The number of carbonyl (C=O) groups is 1. The Morgan fingerprint density at radius 2 is 2.38 bits per heavy atom. The number of rotatable bonds is 3. The van der Waals surface area contributed by atoms with Crippen LogP contribution in [0, 0.1) is 0 Å². The number of primary amides is 1. The van der Waals surface area contributed by atoms with E-state index >= 15 is 0 Å². The summed E-state index contributed by atoms with van der Waals surface area (Å²) < 4.78 is 0. The zero-order chi connectivity index (χ0) is 9.68. The molecule has 0 fully saturated rings. The van der Waals surface area contributed by atoms with Crippen LogP contribution in [0.4, 0.5) is 5.82 Å². The predicted octanol–water partition coefficient (Wildman–Crippen LogP) is 0.0130. The van der Waals surface area contributed by atoms with Crippen LogP contribution in [0.25, 0.3) is 0 Å². The quantitative estimate of drug-likeness (QED) is 0.530. The second-order valence-electron chi connectivity index (χ2n) is 2.01. The number of hydrogen-bond donors (Lipinski definition) is 2. The Hall–Kier alpha value is -1.69. The fourth-order valence-corrected chi connectivity index (χ4v) is 0.638. The summed E-state index contributed by atoms with van der Waals surface area (Å²) in [5, 5.41) is 10.9. The number of anilines is 1. The van der Waals surface area contributed by atoms with E-state index in [4.69, 9.17) is 17.3 Å². The van der Waals surface area contributed by atoms with Crippen LogP contribution in [0.5, 0.6) is 0 Å². The van der Waals surface area contributed by atoms with Gasteiger partial charge in [0.1, 0.15) is 6.21 Å². The highest BCUT2D eigenvalue weighted by atomic mass is 35.5. The molecule has 0 aliphatic carbocycles. The predicted molar refractivity (Wildman–Crippen MR) is 48.4 cm³/mol. The number of aromatic nitrogens is 2. The molecule has 1 heterocycles. The number of nitrogens with two attached hydrogens (primary N) is 1. The van der Waals surface area contributed by atoms with Gasteiger partial charge >= 0.3 is 0 Å². The van der Waals surface area contributed by atoms with Gasteiger partial charge < -0.3 is 5.73 Å². The Bertz CT molecular complexity index is 322. The van der Waals surface area contributed by atoms with E-state index in [1.807, 2.05) is 0 Å². The Labute approximate surface area is 78.8 Å². The fourth-order valence-electron chi connectivity index (χ4n) is 0.538. The molecule has 7 heteroatoms. The van der Waals surface area contributed by atoms with Gasteiger partial charge in [-0.25, -0.2) is 0 Å². The van der Waals surface area contributed by atoms with E-state index in [9.17, 15) is 4.79 Å². The summed E-state index contributed by atoms with van der Waals surface area (Å²) in [6.07, 6.45) is 0.927. The Morgan fingerprint density at radius 1 is 1.62 bits per heavy atom. The summed E-state index contributed by atoms with van der Waals surface area (Å²) in [6.45, 7) is 0. The second kappa shape index (κ2) is 4.36. The summed E-state index contributed by atoms with van der Waals surface area (Å²) >= 11 is 5.48. The molecule has 1 amide bonds. The zero-order valence-corrected chi connectivity index (χ0v) is 7.19. The van der Waals surface area contributed by atoms with Crippen molar-refractivity contribution < 1.29 is 4.79 Å². The molecule has 0 atom stereocenters. The summed E-state index contributed by atoms with van der Waals surface area (Å²) in [5.41, 5.74) is 7.23. The van der Waals surface area contributed by atoms with Crippen molar-refractivity contribution in [3.8, 4) is 0 Å². The van der Waals surface area contributed by atoms with Crippen LogP contribution in [0.1, 0.15) is 0 Å². The smallest absolute Gasteiger partial charge is 0.261 e. The van der Waals surface area contributed by atoms with Gasteiger partial charge in [0.05, 0.1) is 0 Å². The average Bonchev–Trinajstić information content (AvgIpc) is 2.08. The number of hydrogen-bond acceptors (Lipinski definition) is 5. The minimum atomic E-state index is -0.644. The molecule has 3 N–H and O–H groups in total. The molecule has 1 aromatic heterocycles. The third kappa shape index (κ3) is 3.48. The molecule has 0 bridgehead atoms. The van der Waals surface area contributed by atoms with E-state index in [-0.39, 0.29) is 5.15 Å². The Kier molecular flexibility index (Phi) is 3.15. The molecule has 1 rings (SSSR count). The van der Waals surface area contributed by atoms with Crippen molar-refractivity contribution in [2.24, 2.45) is 10.8 Å². The molecule has 0 aromatic carbocycles. The summed E-state index contributed by atoms with van der Waals surface area (Å²) in [7, 11) is 0. The number of nitrogens with one attached hydrogen (secondary N) is 1. The molecule has 1 aromatic rings. The van der Waals surface area contributed by atoms with Crippen LogP contribution in [-0.2, 0) is 4.79 Å². The fraction of sp³-hybridized carbons (Fsp3) is 0. The number of halogens is 1. The molecule has 0 aliphatic heterocycles. The van der Waals surface area contributed by atoms with Crippen LogP contribution in [0.3, 0.4) is 0 Å². The summed E-state index contributed by atoms with van der Waals surface area (Å²) in [5.74, 6) is -0.267. The molecule has 0 saturated carbocycles. The maximum Gasteiger partial charge on any atom is 0.261 e. The molecule has 13 heavy (non-hydrogen) atoms. The molecule has 0 unspecified atom stereocenters. The van der Waals surface area contributed by atoms with Crippen molar-refractivity contribution in [3.05, 3.63) is 17.3 Å². The van der Waals surface area contributed by atoms with Crippen LogP contribution in [-0.4, -0.2) is 22.3 Å². The molecule has 0 radical (unpaired) electrons. The van der Waals surface area contributed by atoms with Gasteiger partial charge in [0.25, 0.3) is 5.91 Å². The van der Waals surface area contributed by atoms with Gasteiger partial charge in [-0.1, -0.05) is 11.6 Å². The van der Waals surface area contributed by atoms with Crippen LogP contribution in [0.15, 0.2) is 17.2 Å². The number of hydrazone groups is 1. The standard InChI is InChI=1S/C6H6ClN5O/c7-4-1-2-6(12-10-4)11-9-3-5(8)13/h1-3H,(H2,8,13)(H,11,12)/b9-3+. The van der Waals surface area contributed by atoms with Crippen LogP contribution < -0.4 is 11.2 Å². The number of carbonyl (C=O) groups excluding carboxylic acids is 1. The minimum absolute atomic E-state index is 0.282. The first-order valence-electron chi connectivity index (χ1n) is 3.26. The van der Waals surface area contributed by atoms with E-state index in [1.54, 1.807) is 6.07 Å². The molecule has 0 saturated heterocycles. The first kappa shape index (κ1) is 9.40. The van der Waals surface area contributed by atoms with Gasteiger partial charge in [-0.15, -0.1) is 10.2 Å². The van der Waals surface area contributed by atoms with Crippen molar-refractivity contribution in [1.29, 1.82) is 0 Å². The van der Waals surface area contributed by atoms with Gasteiger partial charge in [0.2, 0.25) is 0 Å². The van der Waals surface area contributed by atoms with Gasteiger partial charge in [-0.05, 0) is 12.1 Å². The SMILES string of the molecule is NC(=O)/C=N/Nc1ccc(Cl)nn1. The summed E-state index contributed by atoms with van der Waals surface area (Å²) in [6, 6.07) is 3.10. The molecule has 0 spiro atoms. The molecule has 6 nitrogen and oxygen atoms in total. The van der Waals surface area contributed by atoms with Gasteiger partial charge in [-0.2, -0.15) is 5.10 Å². The van der Waals surface area contributed by atoms with Crippen molar-refractivity contribution in [3.63, 3.8) is 0 Å². The van der Waals surface area contributed by atoms with Crippen LogP contribution >= 0.6 is 11.6 Å². The van der Waals surface area contributed by atoms with Gasteiger partial charge in [-0.3, -0.25) is 10.2 Å². The molecule has 68 valence electrons. The number of amides is 1. The zero-order valence-electron chi connectivity index (χ0n) is 6.44. The average molecular weight is 200 g/mol. The molecular formula is C6H6ClN5O. The second-order valence-corrected chi connectivity index (χ2v) is 2.40. The van der Waals surface area contributed by atoms with E-state index < -0.39 is 5.91 Å². The minimum Gasteiger partial charge on any atom is -0.365 e. The Balaban J connectivity index is 2.55. The molecule has 0 aliphatic rings. The van der Waals surface area contributed by atoms with Crippen molar-refractivity contribution in [2.75, 3.05) is 5.43 Å². The lowest BCUT2D eigenvalue weighted by Gasteiger charge is -1.95. The lowest BCUT2D eigenvalue weighted by Crippen LogP contribution is -2.12. The maximum atomic E-state index is 10.2. The van der Waals surface area contributed by atoms with Crippen molar-refractivity contribution >= 4 is 29.5 Å². The lowest BCUT2D eigenvalue weighted by molar-refractivity contribution is -0.111. The van der Waals surface area contributed by atoms with Crippen LogP contribution in [0.2, 0.25) is 5.15 Å². The third-order valence-corrected chi connectivity index (χ3v) is 1.20. The Morgan fingerprint density at radius 3 is 2.92 bits per heavy atom. The van der Waals surface area contributed by atoms with E-state index in [0.717, 1.165) is 6.21 Å². The first-order valence-corrected chi connectivity index (χ1v) is 3.64. The van der Waals surface area contributed by atoms with E-state index in [0.29, 0.717) is 5.82 Å². The number of nitrogens with zero attached hydrogens (tertiary/aromatic N) is 3. The maximum absolute atomic E-state index is 10.2. The van der Waals surface area contributed by atoms with Gasteiger partial charge in [0, 0.05) is 0 Å². The van der Waals surface area contributed by atoms with E-state index in [2.05, 4.69) is 20.7 Å². The van der Waals surface area contributed by atoms with Crippen molar-refractivity contribution in [2.45, 2.75) is 0 Å². The monoisotopic (exact) mass is 199 g/mol. The molecular weight excluding hydrogens is 194 g/mol. The largest absolute Gasteiger partial charge is 0.365 e. The lowest BCUT2D eigenvalue weighted by atomic mass is 10.5. The highest BCUT2D eigenvalue weighted by Crippen LogP contribution is 2.05.